The molecule has 1 aromatic carbocycles. The summed E-state index contributed by atoms with van der Waals surface area (Å²) in [4.78, 5) is 22.6. The molecule has 0 saturated heterocycles. The Hall–Kier alpha value is -4.28. The first-order chi connectivity index (χ1) is 14.1. The summed E-state index contributed by atoms with van der Waals surface area (Å²) in [5, 5.41) is 14.8. The number of rotatable bonds is 8. The maximum atomic E-state index is 10.7. The molecule has 0 fully saturated rings. The summed E-state index contributed by atoms with van der Waals surface area (Å²) in [6, 6.07) is 10.7. The lowest BCUT2D eigenvalue weighted by Gasteiger charge is -2.08. The van der Waals surface area contributed by atoms with Crippen LogP contribution in [0.2, 0.25) is 0 Å². The third-order valence-electron chi connectivity index (χ3n) is 3.54. The van der Waals surface area contributed by atoms with Crippen LogP contribution in [0.4, 0.5) is 11.4 Å². The summed E-state index contributed by atoms with van der Waals surface area (Å²) < 4.78 is 15.9. The molecule has 3 rings (SSSR count). The Morgan fingerprint density at radius 1 is 1.10 bits per heavy atom. The zero-order valence-corrected chi connectivity index (χ0v) is 15.5. The predicted octanol–water partition coefficient (Wildman–Crippen LogP) is 3.04. The number of nitrogens with zero attached hydrogens (tertiary/aromatic N) is 5. The Balaban J connectivity index is 1.75. The fourth-order valence-corrected chi connectivity index (χ4v) is 2.15. The molecule has 0 aliphatic heterocycles. The molecule has 3 aromatic rings. The molecule has 0 amide bonds. The Labute approximate surface area is 165 Å². The van der Waals surface area contributed by atoms with Gasteiger partial charge in [-0.25, -0.2) is 0 Å². The van der Waals surface area contributed by atoms with Crippen LogP contribution in [0.15, 0.2) is 53.8 Å². The molecular formula is C18H16N6O5. The van der Waals surface area contributed by atoms with Crippen LogP contribution in [0.5, 0.6) is 23.5 Å². The van der Waals surface area contributed by atoms with Crippen molar-refractivity contribution in [2.24, 2.45) is 5.10 Å². The number of non-ortho nitro benzene ring substituents is 1. The summed E-state index contributed by atoms with van der Waals surface area (Å²) in [6.07, 6.45) is 3.02. The van der Waals surface area contributed by atoms with Gasteiger partial charge in [-0.1, -0.05) is 0 Å². The number of nitro benzene ring substituents is 1. The summed E-state index contributed by atoms with van der Waals surface area (Å²) in [5.41, 5.74) is 3.75. The van der Waals surface area contributed by atoms with E-state index in [-0.39, 0.29) is 23.5 Å². The maximum Gasteiger partial charge on any atom is 0.328 e. The number of aromatic nitrogens is 3. The molecule has 0 spiro atoms. The molecule has 1 N–H and O–H groups in total. The van der Waals surface area contributed by atoms with E-state index in [1.807, 2.05) is 0 Å². The van der Waals surface area contributed by atoms with E-state index in [2.05, 4.69) is 25.5 Å². The highest BCUT2D eigenvalue weighted by atomic mass is 16.6. The third kappa shape index (κ3) is 5.13. The molecular weight excluding hydrogens is 380 g/mol. The Morgan fingerprint density at radius 3 is 2.41 bits per heavy atom. The van der Waals surface area contributed by atoms with Crippen LogP contribution >= 0.6 is 0 Å². The average molecular weight is 396 g/mol. The molecule has 0 aliphatic rings. The second kappa shape index (κ2) is 9.08. The van der Waals surface area contributed by atoms with Gasteiger partial charge in [0.05, 0.1) is 37.1 Å². The van der Waals surface area contributed by atoms with Gasteiger partial charge in [-0.05, 0) is 24.3 Å². The van der Waals surface area contributed by atoms with Gasteiger partial charge in [0.15, 0.2) is 5.75 Å². The molecule has 29 heavy (non-hydrogen) atoms. The molecule has 0 aliphatic carbocycles. The number of anilines is 1. The predicted molar refractivity (Wildman–Crippen MR) is 104 cm³/mol. The number of hydrazone groups is 1. The number of nitro groups is 1. The van der Waals surface area contributed by atoms with E-state index in [0.717, 1.165) is 0 Å². The summed E-state index contributed by atoms with van der Waals surface area (Å²) in [5.74, 6) is 0.925. The van der Waals surface area contributed by atoms with Gasteiger partial charge in [0.2, 0.25) is 11.8 Å². The number of hydrogen-bond acceptors (Lipinski definition) is 10. The molecule has 0 bridgehead atoms. The molecule has 0 unspecified atom stereocenters. The van der Waals surface area contributed by atoms with Crippen molar-refractivity contribution < 1.29 is 19.1 Å². The monoisotopic (exact) mass is 396 g/mol. The Bertz CT molecular complexity index is 1000. The van der Waals surface area contributed by atoms with Crippen molar-refractivity contribution in [1.82, 2.24) is 15.0 Å². The van der Waals surface area contributed by atoms with Crippen molar-refractivity contribution in [2.45, 2.75) is 0 Å². The highest BCUT2D eigenvalue weighted by Crippen LogP contribution is 2.24. The highest BCUT2D eigenvalue weighted by Gasteiger charge is 2.10. The molecule has 11 heteroatoms. The standard InChI is InChI=1S/C18H16N6O5/c1-27-16-10-17(28-2)22-18(21-16)29-15-4-3-9-19-14(15)11-20-23-12-5-7-13(8-6-12)24(25)26/h3-11,23H,1-2H3/b20-11+. The lowest BCUT2D eigenvalue weighted by atomic mass is 10.3. The lowest BCUT2D eigenvalue weighted by Crippen LogP contribution is -2.01. The van der Waals surface area contributed by atoms with Gasteiger partial charge in [-0.3, -0.25) is 20.5 Å². The van der Waals surface area contributed by atoms with Gasteiger partial charge < -0.3 is 14.2 Å². The highest BCUT2D eigenvalue weighted by molar-refractivity contribution is 5.81. The number of ether oxygens (including phenoxy) is 3. The smallest absolute Gasteiger partial charge is 0.328 e. The fraction of sp³-hybridized carbons (Fsp3) is 0.111. The largest absolute Gasteiger partial charge is 0.481 e. The second-order valence-corrected chi connectivity index (χ2v) is 5.40. The van der Waals surface area contributed by atoms with E-state index in [4.69, 9.17) is 14.2 Å². The van der Waals surface area contributed by atoms with Gasteiger partial charge in [0, 0.05) is 18.3 Å². The minimum Gasteiger partial charge on any atom is -0.481 e. The van der Waals surface area contributed by atoms with E-state index in [1.165, 1.54) is 38.6 Å². The molecule has 0 saturated carbocycles. The number of methoxy groups -OCH3 is 2. The minimum atomic E-state index is -0.472. The molecule has 2 heterocycles. The topological polar surface area (TPSA) is 134 Å². The van der Waals surface area contributed by atoms with Crippen molar-refractivity contribution in [1.29, 1.82) is 0 Å². The van der Waals surface area contributed by atoms with Crippen molar-refractivity contribution in [2.75, 3.05) is 19.6 Å². The molecule has 0 radical (unpaired) electrons. The molecule has 2 aromatic heterocycles. The normalized spacial score (nSPS) is 10.6. The zero-order valence-electron chi connectivity index (χ0n) is 15.5. The van der Waals surface area contributed by atoms with Gasteiger partial charge in [0.25, 0.3) is 5.69 Å². The van der Waals surface area contributed by atoms with E-state index in [1.54, 1.807) is 30.5 Å². The number of benzene rings is 1. The van der Waals surface area contributed by atoms with Crippen LogP contribution in [0.1, 0.15) is 5.69 Å². The first kappa shape index (κ1) is 19.5. The third-order valence-corrected chi connectivity index (χ3v) is 3.54. The molecule has 11 nitrogen and oxygen atoms in total. The summed E-state index contributed by atoms with van der Waals surface area (Å²) in [7, 11) is 2.94. The van der Waals surface area contributed by atoms with Crippen LogP contribution in [0, 0.1) is 10.1 Å². The quantitative estimate of drug-likeness (QED) is 0.346. The number of hydrogen-bond donors (Lipinski definition) is 1. The van der Waals surface area contributed by atoms with Crippen molar-refractivity contribution in [3.8, 4) is 23.5 Å². The van der Waals surface area contributed by atoms with Gasteiger partial charge >= 0.3 is 6.01 Å². The van der Waals surface area contributed by atoms with Crippen LogP contribution in [0.3, 0.4) is 0 Å². The fourth-order valence-electron chi connectivity index (χ4n) is 2.15. The zero-order chi connectivity index (χ0) is 20.6. The lowest BCUT2D eigenvalue weighted by molar-refractivity contribution is -0.384. The maximum absolute atomic E-state index is 10.7. The van der Waals surface area contributed by atoms with E-state index >= 15 is 0 Å². The second-order valence-electron chi connectivity index (χ2n) is 5.40. The van der Waals surface area contributed by atoms with Crippen molar-refractivity contribution in [3.05, 3.63) is 64.5 Å². The van der Waals surface area contributed by atoms with E-state index in [0.29, 0.717) is 17.1 Å². The van der Waals surface area contributed by atoms with Crippen LogP contribution in [-0.2, 0) is 0 Å². The number of pyridine rings is 1. The van der Waals surface area contributed by atoms with Crippen LogP contribution in [0.25, 0.3) is 0 Å². The van der Waals surface area contributed by atoms with Crippen LogP contribution < -0.4 is 19.6 Å². The average Bonchev–Trinajstić information content (AvgIpc) is 2.75. The van der Waals surface area contributed by atoms with E-state index < -0.39 is 4.92 Å². The SMILES string of the molecule is COc1cc(OC)nc(Oc2cccnc2/C=N/Nc2ccc([N+](=O)[O-])cc2)n1. The Morgan fingerprint density at radius 2 is 1.79 bits per heavy atom. The Kier molecular flexibility index (Phi) is 6.10. The van der Waals surface area contributed by atoms with Gasteiger partial charge in [-0.2, -0.15) is 15.1 Å². The van der Waals surface area contributed by atoms with Crippen LogP contribution in [-0.4, -0.2) is 40.3 Å². The first-order valence-electron chi connectivity index (χ1n) is 8.22. The van der Waals surface area contributed by atoms with Crippen molar-refractivity contribution >= 4 is 17.6 Å². The van der Waals surface area contributed by atoms with Gasteiger partial charge in [-0.15, -0.1) is 0 Å². The first-order valence-corrected chi connectivity index (χ1v) is 8.22. The summed E-state index contributed by atoms with van der Waals surface area (Å²) >= 11 is 0. The van der Waals surface area contributed by atoms with Crippen molar-refractivity contribution in [3.63, 3.8) is 0 Å². The summed E-state index contributed by atoms with van der Waals surface area (Å²) in [6.45, 7) is 0. The van der Waals surface area contributed by atoms with E-state index in [9.17, 15) is 10.1 Å². The number of nitrogens with one attached hydrogen (secondary N) is 1. The minimum absolute atomic E-state index is 0.00587. The molecule has 0 atom stereocenters. The molecule has 148 valence electrons. The van der Waals surface area contributed by atoms with Gasteiger partial charge in [0.1, 0.15) is 5.69 Å².